The first-order chi connectivity index (χ1) is 9.58. The number of nitrogens with two attached hydrogens (primary N) is 1. The molecule has 0 aliphatic carbocycles. The van der Waals surface area contributed by atoms with E-state index in [2.05, 4.69) is 16.8 Å². The fourth-order valence-corrected chi connectivity index (χ4v) is 3.12. The van der Waals surface area contributed by atoms with E-state index >= 15 is 0 Å². The number of rotatable bonds is 7. The molecule has 2 rings (SSSR count). The normalized spacial score (nSPS) is 10.7. The minimum atomic E-state index is -0.327. The molecule has 2 aromatic rings. The van der Waals surface area contributed by atoms with Crippen molar-refractivity contribution in [1.82, 2.24) is 14.8 Å². The predicted octanol–water partition coefficient (Wildman–Crippen LogP) is 2.55. The smallest absolute Gasteiger partial charge is 0.219 e. The number of thioether (sulfide) groups is 1. The number of carbonyl (C=O) groups excluding carboxylic acids is 1. The molecular formula is C13H16N4OS2. The molecule has 0 aromatic carbocycles. The average Bonchev–Trinajstić information content (AvgIpc) is 3.02. The minimum Gasteiger partial charge on any atom is -0.370 e. The molecule has 1 amide bonds. The predicted molar refractivity (Wildman–Crippen MR) is 82.7 cm³/mol. The Morgan fingerprint density at radius 3 is 2.95 bits per heavy atom. The van der Waals surface area contributed by atoms with Gasteiger partial charge in [0.1, 0.15) is 0 Å². The van der Waals surface area contributed by atoms with Gasteiger partial charge in [-0.3, -0.25) is 4.79 Å². The molecule has 0 aliphatic heterocycles. The highest BCUT2D eigenvalue weighted by atomic mass is 32.2. The first-order valence-corrected chi connectivity index (χ1v) is 7.97. The molecule has 106 valence electrons. The Kier molecular flexibility index (Phi) is 4.97. The van der Waals surface area contributed by atoms with Gasteiger partial charge in [0.05, 0.1) is 4.88 Å². The van der Waals surface area contributed by atoms with Crippen molar-refractivity contribution in [1.29, 1.82) is 0 Å². The van der Waals surface area contributed by atoms with Gasteiger partial charge in [-0.1, -0.05) is 30.0 Å². The number of carbonyl (C=O) groups is 1. The molecule has 7 heteroatoms. The molecule has 0 radical (unpaired) electrons. The summed E-state index contributed by atoms with van der Waals surface area (Å²) in [5.41, 5.74) is 6.31. The summed E-state index contributed by atoms with van der Waals surface area (Å²) in [7, 11) is 0. The van der Waals surface area contributed by atoms with Crippen LogP contribution in [0.1, 0.15) is 13.3 Å². The van der Waals surface area contributed by atoms with Crippen LogP contribution in [-0.4, -0.2) is 26.4 Å². The largest absolute Gasteiger partial charge is 0.370 e. The van der Waals surface area contributed by atoms with Crippen LogP contribution >= 0.6 is 23.1 Å². The fraction of sp³-hybridized carbons (Fsp3) is 0.308. The van der Waals surface area contributed by atoms with E-state index in [1.54, 1.807) is 23.1 Å². The molecule has 0 saturated heterocycles. The lowest BCUT2D eigenvalue weighted by Gasteiger charge is -2.08. The van der Waals surface area contributed by atoms with Crippen molar-refractivity contribution >= 4 is 29.0 Å². The lowest BCUT2D eigenvalue weighted by Crippen LogP contribution is -2.15. The number of hydrogen-bond acceptors (Lipinski definition) is 5. The van der Waals surface area contributed by atoms with Crippen molar-refractivity contribution in [2.24, 2.45) is 5.73 Å². The molecule has 2 aromatic heterocycles. The number of nitrogens with zero attached hydrogens (tertiary/aromatic N) is 3. The highest BCUT2D eigenvalue weighted by molar-refractivity contribution is 7.99. The molecule has 2 heterocycles. The summed E-state index contributed by atoms with van der Waals surface area (Å²) in [4.78, 5) is 12.1. The third kappa shape index (κ3) is 3.71. The van der Waals surface area contributed by atoms with Crippen molar-refractivity contribution in [2.75, 3.05) is 5.75 Å². The van der Waals surface area contributed by atoms with Crippen molar-refractivity contribution < 1.29 is 4.79 Å². The van der Waals surface area contributed by atoms with E-state index in [1.165, 1.54) is 0 Å². The van der Waals surface area contributed by atoms with E-state index in [4.69, 9.17) is 5.73 Å². The summed E-state index contributed by atoms with van der Waals surface area (Å²) in [6.07, 6.45) is 0.275. The van der Waals surface area contributed by atoms with Crippen LogP contribution in [0, 0.1) is 0 Å². The SMILES string of the molecule is C=C(C)CSc1nnc(-c2cccs2)n1CCC(N)=O. The zero-order valence-corrected chi connectivity index (χ0v) is 12.8. The standard InChI is InChI=1S/C13H16N4OS2/c1-9(2)8-20-13-16-15-12(10-4-3-7-19-10)17(13)6-5-11(14)18/h3-4,7H,1,5-6,8H2,2H3,(H2,14,18). The Hall–Kier alpha value is -1.60. The summed E-state index contributed by atoms with van der Waals surface area (Å²) >= 11 is 3.16. The molecule has 20 heavy (non-hydrogen) atoms. The van der Waals surface area contributed by atoms with Crippen LogP contribution in [0.5, 0.6) is 0 Å². The number of aromatic nitrogens is 3. The third-order valence-corrected chi connectivity index (χ3v) is 4.55. The second kappa shape index (κ2) is 6.71. The maximum Gasteiger partial charge on any atom is 0.219 e. The van der Waals surface area contributed by atoms with Gasteiger partial charge < -0.3 is 10.3 Å². The zero-order chi connectivity index (χ0) is 14.5. The van der Waals surface area contributed by atoms with E-state index < -0.39 is 0 Å². The second-order valence-electron chi connectivity index (χ2n) is 4.40. The first-order valence-electron chi connectivity index (χ1n) is 6.10. The Labute approximate surface area is 125 Å². The van der Waals surface area contributed by atoms with Crippen molar-refractivity contribution in [3.05, 3.63) is 29.7 Å². The van der Waals surface area contributed by atoms with Gasteiger partial charge in [-0.15, -0.1) is 21.5 Å². The van der Waals surface area contributed by atoms with Gasteiger partial charge in [0.25, 0.3) is 0 Å². The molecule has 0 bridgehead atoms. The molecule has 0 aliphatic rings. The highest BCUT2D eigenvalue weighted by Crippen LogP contribution is 2.28. The quantitative estimate of drug-likeness (QED) is 0.630. The maximum absolute atomic E-state index is 11.0. The Morgan fingerprint density at radius 1 is 1.55 bits per heavy atom. The van der Waals surface area contributed by atoms with Crippen LogP contribution in [0.2, 0.25) is 0 Å². The second-order valence-corrected chi connectivity index (χ2v) is 6.29. The van der Waals surface area contributed by atoms with Crippen LogP contribution in [0.15, 0.2) is 34.8 Å². The zero-order valence-electron chi connectivity index (χ0n) is 11.2. The summed E-state index contributed by atoms with van der Waals surface area (Å²) in [5, 5.41) is 11.2. The molecule has 5 nitrogen and oxygen atoms in total. The number of hydrogen-bond donors (Lipinski definition) is 1. The molecule has 2 N–H and O–H groups in total. The van der Waals surface area contributed by atoms with Gasteiger partial charge in [0.15, 0.2) is 11.0 Å². The van der Waals surface area contributed by atoms with Gasteiger partial charge in [-0.05, 0) is 18.4 Å². The Bertz CT molecular complexity index is 604. The molecule has 0 spiro atoms. The third-order valence-electron chi connectivity index (χ3n) is 2.49. The van der Waals surface area contributed by atoms with Crippen molar-refractivity contribution in [3.8, 4) is 10.7 Å². The average molecular weight is 308 g/mol. The van der Waals surface area contributed by atoms with E-state index in [1.807, 2.05) is 29.0 Å². The lowest BCUT2D eigenvalue weighted by atomic mass is 10.4. The minimum absolute atomic E-state index is 0.275. The van der Waals surface area contributed by atoms with E-state index in [0.29, 0.717) is 6.54 Å². The first kappa shape index (κ1) is 14.8. The number of thiophene rings is 1. The summed E-state index contributed by atoms with van der Waals surface area (Å²) in [6.45, 7) is 6.34. The van der Waals surface area contributed by atoms with Crippen LogP contribution in [0.25, 0.3) is 10.7 Å². The lowest BCUT2D eigenvalue weighted by molar-refractivity contribution is -0.118. The molecule has 0 unspecified atom stereocenters. The summed E-state index contributed by atoms with van der Waals surface area (Å²) in [5.74, 6) is 1.23. The molecule has 0 fully saturated rings. The van der Waals surface area contributed by atoms with Crippen molar-refractivity contribution in [3.63, 3.8) is 0 Å². The highest BCUT2D eigenvalue weighted by Gasteiger charge is 2.15. The van der Waals surface area contributed by atoms with Crippen LogP contribution in [0.3, 0.4) is 0 Å². The maximum atomic E-state index is 11.0. The number of amides is 1. The van der Waals surface area contributed by atoms with E-state index in [-0.39, 0.29) is 12.3 Å². The van der Waals surface area contributed by atoms with Gasteiger partial charge in [0, 0.05) is 18.7 Å². The topological polar surface area (TPSA) is 73.8 Å². The van der Waals surface area contributed by atoms with Crippen LogP contribution in [0.4, 0.5) is 0 Å². The number of primary amides is 1. The van der Waals surface area contributed by atoms with Gasteiger partial charge >= 0.3 is 0 Å². The van der Waals surface area contributed by atoms with Gasteiger partial charge in [0.2, 0.25) is 5.91 Å². The van der Waals surface area contributed by atoms with E-state index in [0.717, 1.165) is 27.2 Å². The molecular weight excluding hydrogens is 292 g/mol. The van der Waals surface area contributed by atoms with Crippen LogP contribution < -0.4 is 5.73 Å². The van der Waals surface area contributed by atoms with Crippen LogP contribution in [-0.2, 0) is 11.3 Å². The van der Waals surface area contributed by atoms with Gasteiger partial charge in [-0.2, -0.15) is 0 Å². The van der Waals surface area contributed by atoms with Gasteiger partial charge in [-0.25, -0.2) is 0 Å². The molecule has 0 atom stereocenters. The summed E-state index contributed by atoms with van der Waals surface area (Å²) < 4.78 is 1.95. The molecule has 0 saturated carbocycles. The summed E-state index contributed by atoms with van der Waals surface area (Å²) in [6, 6.07) is 3.95. The van der Waals surface area contributed by atoms with Crippen molar-refractivity contribution in [2.45, 2.75) is 25.0 Å². The monoisotopic (exact) mass is 308 g/mol. The fourth-order valence-electron chi connectivity index (χ4n) is 1.59. The van der Waals surface area contributed by atoms with E-state index in [9.17, 15) is 4.79 Å². The Morgan fingerprint density at radius 2 is 2.35 bits per heavy atom. The Balaban J connectivity index is 2.27.